The number of oxime groups is 1. The Labute approximate surface area is 112 Å². The van der Waals surface area contributed by atoms with Gasteiger partial charge >= 0.3 is 0 Å². The first-order valence-corrected chi connectivity index (χ1v) is 6.55. The van der Waals surface area contributed by atoms with Crippen LogP contribution in [0, 0.1) is 0 Å². The molecule has 0 unspecified atom stereocenters. The topological polar surface area (TPSA) is 33.6 Å². The molecule has 2 aliphatic heterocycles. The molecule has 94 valence electrons. The van der Waals surface area contributed by atoms with E-state index in [1.165, 1.54) is 0 Å². The quantitative estimate of drug-likeness (QED) is 0.788. The van der Waals surface area contributed by atoms with Gasteiger partial charge in [-0.05, 0) is 19.4 Å². The third-order valence-corrected chi connectivity index (χ3v) is 3.96. The van der Waals surface area contributed by atoms with Crippen LogP contribution in [0.4, 0.5) is 0 Å². The van der Waals surface area contributed by atoms with Crippen molar-refractivity contribution in [2.24, 2.45) is 5.16 Å². The number of rotatable bonds is 1. The molecule has 1 spiro atoms. The Morgan fingerprint density at radius 3 is 2.61 bits per heavy atom. The summed E-state index contributed by atoms with van der Waals surface area (Å²) in [7, 11) is 0. The van der Waals surface area contributed by atoms with Crippen molar-refractivity contribution in [1.29, 1.82) is 0 Å². The summed E-state index contributed by atoms with van der Waals surface area (Å²) < 4.78 is 0. The van der Waals surface area contributed by atoms with Crippen LogP contribution in [0.25, 0.3) is 0 Å². The predicted molar refractivity (Wildman–Crippen MR) is 75.8 cm³/mol. The molecule has 0 aliphatic carbocycles. The lowest BCUT2D eigenvalue weighted by atomic mass is 9.88. The van der Waals surface area contributed by atoms with Gasteiger partial charge in [0.15, 0.2) is 5.60 Å². The van der Waals surface area contributed by atoms with Crippen molar-refractivity contribution >= 4 is 22.9 Å². The monoisotopic (exact) mass is 260 g/mol. The molecule has 0 saturated carbocycles. The molecule has 1 atom stereocenters. The van der Waals surface area contributed by atoms with E-state index in [-0.39, 0.29) is 5.54 Å². The first-order valence-electron chi connectivity index (χ1n) is 6.14. The van der Waals surface area contributed by atoms with Gasteiger partial charge in [0.2, 0.25) is 0 Å². The molecule has 0 amide bonds. The smallest absolute Gasteiger partial charge is 0.194 e. The molecule has 1 saturated heterocycles. The number of thiocarbonyl (C=S) groups is 1. The van der Waals surface area contributed by atoms with E-state index in [2.05, 4.69) is 36.5 Å². The van der Waals surface area contributed by atoms with Crippen LogP contribution in [0.3, 0.4) is 0 Å². The first-order chi connectivity index (χ1) is 8.51. The van der Waals surface area contributed by atoms with Crippen LogP contribution in [-0.2, 0) is 4.84 Å². The summed E-state index contributed by atoms with van der Waals surface area (Å²) in [5, 5.41) is 7.58. The van der Waals surface area contributed by atoms with E-state index in [0.717, 1.165) is 29.1 Å². The SMILES string of the molecule is CC1(C)C[C@@]2(CC(c3ccccc3)=NO2)C(=S)N1. The van der Waals surface area contributed by atoms with Gasteiger partial charge in [0.25, 0.3) is 0 Å². The summed E-state index contributed by atoms with van der Waals surface area (Å²) in [5.41, 5.74) is 1.65. The second-order valence-electron chi connectivity index (χ2n) is 5.68. The largest absolute Gasteiger partial charge is 0.381 e. The summed E-state index contributed by atoms with van der Waals surface area (Å²) in [6.45, 7) is 4.27. The van der Waals surface area contributed by atoms with Crippen molar-refractivity contribution < 1.29 is 4.84 Å². The summed E-state index contributed by atoms with van der Waals surface area (Å²) in [4.78, 5) is 6.48. The summed E-state index contributed by atoms with van der Waals surface area (Å²) >= 11 is 5.43. The molecule has 18 heavy (non-hydrogen) atoms. The molecule has 2 heterocycles. The molecular formula is C14H16N2OS. The lowest BCUT2D eigenvalue weighted by Gasteiger charge is -2.20. The van der Waals surface area contributed by atoms with E-state index < -0.39 is 5.60 Å². The van der Waals surface area contributed by atoms with Gasteiger partial charge < -0.3 is 10.2 Å². The van der Waals surface area contributed by atoms with Crippen molar-refractivity contribution in [3.05, 3.63) is 35.9 Å². The van der Waals surface area contributed by atoms with Crippen LogP contribution in [0.2, 0.25) is 0 Å². The Bertz CT molecular complexity index is 524. The van der Waals surface area contributed by atoms with Crippen molar-refractivity contribution in [2.45, 2.75) is 37.8 Å². The van der Waals surface area contributed by atoms with Crippen molar-refractivity contribution in [1.82, 2.24) is 5.32 Å². The minimum Gasteiger partial charge on any atom is -0.381 e. The highest BCUT2D eigenvalue weighted by Gasteiger charge is 2.53. The average Bonchev–Trinajstić information content (AvgIpc) is 2.83. The zero-order valence-corrected chi connectivity index (χ0v) is 11.4. The number of hydrogen-bond donors (Lipinski definition) is 1. The van der Waals surface area contributed by atoms with Crippen molar-refractivity contribution in [2.75, 3.05) is 0 Å². The summed E-state index contributed by atoms with van der Waals surface area (Å²) in [5.74, 6) is 0. The van der Waals surface area contributed by atoms with Crippen LogP contribution in [-0.4, -0.2) is 21.8 Å². The lowest BCUT2D eigenvalue weighted by molar-refractivity contribution is 0.0325. The van der Waals surface area contributed by atoms with Gasteiger partial charge in [0.05, 0.1) is 5.71 Å². The van der Waals surface area contributed by atoms with Crippen molar-refractivity contribution in [3.63, 3.8) is 0 Å². The minimum absolute atomic E-state index is 0.0151. The zero-order valence-electron chi connectivity index (χ0n) is 10.6. The third kappa shape index (κ3) is 1.81. The number of nitrogens with zero attached hydrogens (tertiary/aromatic N) is 1. The van der Waals surface area contributed by atoms with Crippen LogP contribution >= 0.6 is 12.2 Å². The number of nitrogens with one attached hydrogen (secondary N) is 1. The number of hydrogen-bond acceptors (Lipinski definition) is 3. The Morgan fingerprint density at radius 2 is 2.00 bits per heavy atom. The average molecular weight is 260 g/mol. The molecule has 0 aromatic heterocycles. The van der Waals surface area contributed by atoms with Crippen LogP contribution in [0.15, 0.2) is 35.5 Å². The molecule has 1 N–H and O–H groups in total. The lowest BCUT2D eigenvalue weighted by Crippen LogP contribution is -2.37. The first kappa shape index (κ1) is 11.7. The van der Waals surface area contributed by atoms with E-state index in [9.17, 15) is 0 Å². The molecule has 4 heteroatoms. The van der Waals surface area contributed by atoms with Gasteiger partial charge in [-0.3, -0.25) is 0 Å². The Hall–Kier alpha value is -1.42. The molecule has 3 nitrogen and oxygen atoms in total. The maximum Gasteiger partial charge on any atom is 0.194 e. The molecule has 1 aromatic carbocycles. The second-order valence-corrected chi connectivity index (χ2v) is 6.09. The molecule has 0 radical (unpaired) electrons. The van der Waals surface area contributed by atoms with E-state index in [1.807, 2.05) is 18.2 Å². The van der Waals surface area contributed by atoms with Crippen LogP contribution < -0.4 is 5.32 Å². The fourth-order valence-corrected chi connectivity index (χ4v) is 3.20. The van der Waals surface area contributed by atoms with Crippen LogP contribution in [0.1, 0.15) is 32.3 Å². The maximum atomic E-state index is 5.70. The molecule has 0 bridgehead atoms. The third-order valence-electron chi connectivity index (χ3n) is 3.48. The fourth-order valence-electron chi connectivity index (χ4n) is 2.74. The highest BCUT2D eigenvalue weighted by molar-refractivity contribution is 7.80. The fraction of sp³-hybridized carbons (Fsp3) is 0.429. The van der Waals surface area contributed by atoms with E-state index in [0.29, 0.717) is 0 Å². The molecular weight excluding hydrogens is 244 g/mol. The zero-order chi connectivity index (χ0) is 12.8. The highest BCUT2D eigenvalue weighted by Crippen LogP contribution is 2.39. The summed E-state index contributed by atoms with van der Waals surface area (Å²) in [6, 6.07) is 10.1. The minimum atomic E-state index is -0.427. The van der Waals surface area contributed by atoms with Gasteiger partial charge in [-0.2, -0.15) is 0 Å². The van der Waals surface area contributed by atoms with Crippen LogP contribution in [0.5, 0.6) is 0 Å². The van der Waals surface area contributed by atoms with E-state index >= 15 is 0 Å². The maximum absolute atomic E-state index is 5.70. The van der Waals surface area contributed by atoms with Gasteiger partial charge in [-0.15, -0.1) is 0 Å². The van der Waals surface area contributed by atoms with E-state index in [1.54, 1.807) is 0 Å². The summed E-state index contributed by atoms with van der Waals surface area (Å²) in [6.07, 6.45) is 1.62. The highest BCUT2D eigenvalue weighted by atomic mass is 32.1. The Balaban J connectivity index is 1.85. The Morgan fingerprint density at radius 1 is 1.28 bits per heavy atom. The van der Waals surface area contributed by atoms with Gasteiger partial charge in [0.1, 0.15) is 4.99 Å². The predicted octanol–water partition coefficient (Wildman–Crippen LogP) is 2.65. The molecule has 1 aromatic rings. The standard InChI is InChI=1S/C14H16N2OS/c1-13(2)9-14(12(18)15-13)8-11(16-17-14)10-6-4-3-5-7-10/h3-7H,8-9H2,1-2H3,(H,15,18)/t14-/m0/s1. The van der Waals surface area contributed by atoms with Crippen molar-refractivity contribution in [3.8, 4) is 0 Å². The van der Waals surface area contributed by atoms with Gasteiger partial charge in [-0.1, -0.05) is 47.7 Å². The molecule has 2 aliphatic rings. The molecule has 1 fully saturated rings. The van der Waals surface area contributed by atoms with Gasteiger partial charge in [-0.25, -0.2) is 0 Å². The van der Waals surface area contributed by atoms with Gasteiger partial charge in [0, 0.05) is 18.4 Å². The Kier molecular flexibility index (Phi) is 2.45. The second kappa shape index (κ2) is 3.79. The molecule has 3 rings (SSSR count). The normalized spacial score (nSPS) is 29.0. The van der Waals surface area contributed by atoms with E-state index in [4.69, 9.17) is 17.1 Å². The number of benzene rings is 1.